The molecule has 0 atom stereocenters. The lowest BCUT2D eigenvalue weighted by Crippen LogP contribution is -2.37. The molecule has 0 spiro atoms. The Labute approximate surface area is 253 Å². The lowest BCUT2D eigenvalue weighted by molar-refractivity contribution is -0.149. The second-order valence-corrected chi connectivity index (χ2v) is 12.5. The Kier molecular flexibility index (Phi) is 29.5. The average molecular weight is 585 g/mol. The van der Waals surface area contributed by atoms with Gasteiger partial charge in [-0.05, 0) is 12.8 Å². The molecule has 41 heavy (non-hydrogen) atoms. The van der Waals surface area contributed by atoms with Gasteiger partial charge in [-0.3, -0.25) is 9.59 Å². The molecular weight excluding hydrogens is 516 g/mol. The number of unbranched alkanes of at least 4 members (excludes halogenated alkanes) is 22. The number of hydrogen-bond donors (Lipinski definition) is 2. The molecule has 0 aromatic rings. The second kappa shape index (κ2) is 30.3. The summed E-state index contributed by atoms with van der Waals surface area (Å²) >= 11 is 0. The van der Waals surface area contributed by atoms with Crippen molar-refractivity contribution in [1.29, 1.82) is 0 Å². The lowest BCUT2D eigenvalue weighted by Gasteiger charge is -2.30. The van der Waals surface area contributed by atoms with Crippen LogP contribution in [-0.4, -0.2) is 48.6 Å². The highest BCUT2D eigenvalue weighted by molar-refractivity contribution is 5.72. The van der Waals surface area contributed by atoms with Crippen LogP contribution in [0, 0.1) is 5.41 Å². The summed E-state index contributed by atoms with van der Waals surface area (Å²) in [5.74, 6) is -2.01. The van der Waals surface area contributed by atoms with Crippen molar-refractivity contribution in [2.24, 2.45) is 5.41 Å². The fourth-order valence-corrected chi connectivity index (χ4v) is 5.62. The Morgan fingerprint density at radius 1 is 0.439 bits per heavy atom. The van der Waals surface area contributed by atoms with Gasteiger partial charge < -0.3 is 19.7 Å². The molecular formula is C35H68O6. The van der Waals surface area contributed by atoms with E-state index in [1.807, 2.05) is 0 Å². The van der Waals surface area contributed by atoms with Crippen molar-refractivity contribution in [3.8, 4) is 0 Å². The highest BCUT2D eigenvalue weighted by atomic mass is 16.5. The number of hydrogen-bond acceptors (Lipinski definition) is 4. The molecule has 0 rings (SSSR count). The minimum atomic E-state index is -1.02. The first kappa shape index (κ1) is 39.9. The number of carbonyl (C=O) groups is 2. The number of aliphatic carboxylic acids is 2. The SMILES string of the molecule is CCCCCCCCCCCCCCOCC(COCCCCCCCCCCCCCC)(CC(=O)O)CC(=O)O. The van der Waals surface area contributed by atoms with E-state index in [1.165, 1.54) is 128 Å². The standard InChI is InChI=1S/C35H68O6/c1-3-5-7-9-11-13-15-17-19-21-23-25-27-40-31-35(29-33(36)37,30-34(38)39)32-41-28-26-24-22-20-18-16-14-12-10-8-6-4-2/h3-32H2,1-2H3,(H,36,37)(H,38,39). The summed E-state index contributed by atoms with van der Waals surface area (Å²) in [5, 5.41) is 19.0. The fourth-order valence-electron chi connectivity index (χ4n) is 5.62. The van der Waals surface area contributed by atoms with Crippen LogP contribution >= 0.6 is 0 Å². The van der Waals surface area contributed by atoms with Gasteiger partial charge in [-0.2, -0.15) is 0 Å². The highest BCUT2D eigenvalue weighted by Gasteiger charge is 2.36. The summed E-state index contributed by atoms with van der Waals surface area (Å²) in [7, 11) is 0. The molecule has 2 N–H and O–H groups in total. The number of ether oxygens (including phenoxy) is 2. The molecule has 0 aromatic heterocycles. The van der Waals surface area contributed by atoms with E-state index in [9.17, 15) is 19.8 Å². The molecule has 244 valence electrons. The normalized spacial score (nSPS) is 11.8. The quantitative estimate of drug-likeness (QED) is 0.0731. The number of carboxylic acids is 2. The molecule has 0 heterocycles. The minimum Gasteiger partial charge on any atom is -0.481 e. The van der Waals surface area contributed by atoms with E-state index in [1.54, 1.807) is 0 Å². The smallest absolute Gasteiger partial charge is 0.304 e. The fraction of sp³-hybridized carbons (Fsp3) is 0.943. The number of carboxylic acid groups (broad SMARTS) is 2. The van der Waals surface area contributed by atoms with Gasteiger partial charge in [-0.1, -0.05) is 155 Å². The maximum atomic E-state index is 11.6. The molecule has 0 saturated heterocycles. The maximum Gasteiger partial charge on any atom is 0.304 e. The molecule has 0 aliphatic heterocycles. The summed E-state index contributed by atoms with van der Waals surface area (Å²) < 4.78 is 11.7. The van der Waals surface area contributed by atoms with Crippen LogP contribution in [0.15, 0.2) is 0 Å². The van der Waals surface area contributed by atoms with Gasteiger partial charge in [0.15, 0.2) is 0 Å². The van der Waals surface area contributed by atoms with Crippen molar-refractivity contribution in [2.75, 3.05) is 26.4 Å². The van der Waals surface area contributed by atoms with Crippen molar-refractivity contribution >= 4 is 11.9 Å². The van der Waals surface area contributed by atoms with Gasteiger partial charge in [-0.25, -0.2) is 0 Å². The van der Waals surface area contributed by atoms with E-state index in [2.05, 4.69) is 13.8 Å². The van der Waals surface area contributed by atoms with Crippen LogP contribution in [-0.2, 0) is 19.1 Å². The van der Waals surface area contributed by atoms with Crippen molar-refractivity contribution in [2.45, 2.75) is 181 Å². The van der Waals surface area contributed by atoms with E-state index in [0.29, 0.717) is 13.2 Å². The molecule has 0 aliphatic carbocycles. The third-order valence-corrected chi connectivity index (χ3v) is 8.15. The molecule has 0 fully saturated rings. The second-order valence-electron chi connectivity index (χ2n) is 12.5. The topological polar surface area (TPSA) is 93.1 Å². The zero-order chi connectivity index (χ0) is 30.3. The van der Waals surface area contributed by atoms with Gasteiger partial charge in [0.25, 0.3) is 0 Å². The van der Waals surface area contributed by atoms with Gasteiger partial charge in [0.05, 0.1) is 26.1 Å². The lowest BCUT2D eigenvalue weighted by atomic mass is 9.82. The van der Waals surface area contributed by atoms with Crippen LogP contribution in [0.25, 0.3) is 0 Å². The van der Waals surface area contributed by atoms with Crippen molar-refractivity contribution in [1.82, 2.24) is 0 Å². The number of rotatable bonds is 34. The molecule has 0 saturated carbocycles. The van der Waals surface area contributed by atoms with Gasteiger partial charge in [0, 0.05) is 18.6 Å². The van der Waals surface area contributed by atoms with Gasteiger partial charge in [-0.15, -0.1) is 0 Å². The Hall–Kier alpha value is -1.14. The Morgan fingerprint density at radius 2 is 0.683 bits per heavy atom. The molecule has 6 heteroatoms. The first-order chi connectivity index (χ1) is 20.0. The van der Waals surface area contributed by atoms with Crippen molar-refractivity contribution in [3.05, 3.63) is 0 Å². The maximum absolute atomic E-state index is 11.6. The summed E-state index contributed by atoms with van der Waals surface area (Å²) in [6, 6.07) is 0. The van der Waals surface area contributed by atoms with Crippen molar-refractivity contribution in [3.63, 3.8) is 0 Å². The van der Waals surface area contributed by atoms with E-state index in [-0.39, 0.29) is 26.1 Å². The Morgan fingerprint density at radius 3 is 0.927 bits per heavy atom. The largest absolute Gasteiger partial charge is 0.481 e. The third kappa shape index (κ3) is 28.7. The predicted octanol–water partition coefficient (Wildman–Crippen LogP) is 10.4. The monoisotopic (exact) mass is 585 g/mol. The summed E-state index contributed by atoms with van der Waals surface area (Å²) in [5.41, 5.74) is -1.02. The zero-order valence-electron chi connectivity index (χ0n) is 27.2. The molecule has 0 aliphatic rings. The van der Waals surface area contributed by atoms with Crippen LogP contribution < -0.4 is 0 Å². The molecule has 0 amide bonds. The minimum absolute atomic E-state index is 0.113. The van der Waals surface area contributed by atoms with Crippen LogP contribution in [0.4, 0.5) is 0 Å². The first-order valence-electron chi connectivity index (χ1n) is 17.5. The molecule has 0 aromatic carbocycles. The Balaban J connectivity index is 4.04. The molecule has 6 nitrogen and oxygen atoms in total. The van der Waals surface area contributed by atoms with Crippen LogP contribution in [0.2, 0.25) is 0 Å². The van der Waals surface area contributed by atoms with Gasteiger partial charge in [0.2, 0.25) is 0 Å². The van der Waals surface area contributed by atoms with Gasteiger partial charge >= 0.3 is 11.9 Å². The summed E-state index contributed by atoms with van der Waals surface area (Å²) in [4.78, 5) is 23.2. The average Bonchev–Trinajstić information content (AvgIpc) is 2.92. The predicted molar refractivity (Wildman–Crippen MR) is 171 cm³/mol. The van der Waals surface area contributed by atoms with E-state index < -0.39 is 17.4 Å². The molecule has 0 unspecified atom stereocenters. The molecule has 0 bridgehead atoms. The van der Waals surface area contributed by atoms with E-state index in [0.717, 1.165) is 25.7 Å². The van der Waals surface area contributed by atoms with Gasteiger partial charge in [0.1, 0.15) is 0 Å². The van der Waals surface area contributed by atoms with Crippen LogP contribution in [0.1, 0.15) is 181 Å². The first-order valence-corrected chi connectivity index (χ1v) is 17.5. The zero-order valence-corrected chi connectivity index (χ0v) is 27.2. The third-order valence-electron chi connectivity index (χ3n) is 8.15. The highest BCUT2D eigenvalue weighted by Crippen LogP contribution is 2.29. The summed E-state index contributed by atoms with van der Waals surface area (Å²) in [6.45, 7) is 5.81. The van der Waals surface area contributed by atoms with E-state index in [4.69, 9.17) is 9.47 Å². The van der Waals surface area contributed by atoms with Crippen LogP contribution in [0.5, 0.6) is 0 Å². The van der Waals surface area contributed by atoms with E-state index >= 15 is 0 Å². The Bertz CT molecular complexity index is 529. The summed E-state index contributed by atoms with van der Waals surface area (Å²) in [6.07, 6.45) is 29.9. The molecule has 0 radical (unpaired) electrons. The van der Waals surface area contributed by atoms with Crippen molar-refractivity contribution < 1.29 is 29.3 Å². The van der Waals surface area contributed by atoms with Crippen LogP contribution in [0.3, 0.4) is 0 Å².